The minimum absolute atomic E-state index is 0.122. The summed E-state index contributed by atoms with van der Waals surface area (Å²) in [4.78, 5) is 11.5. The number of carbonyl (C=O) groups is 1. The second-order valence-corrected chi connectivity index (χ2v) is 3.44. The van der Waals surface area contributed by atoms with Crippen LogP contribution in [-0.4, -0.2) is 26.6 Å². The van der Waals surface area contributed by atoms with E-state index in [9.17, 15) is 4.79 Å². The van der Waals surface area contributed by atoms with Gasteiger partial charge in [-0.05, 0) is 25.1 Å². The first-order valence-electron chi connectivity index (χ1n) is 6.48. The first-order chi connectivity index (χ1) is 9.22. The van der Waals surface area contributed by atoms with Gasteiger partial charge in [-0.25, -0.2) is 0 Å². The lowest BCUT2D eigenvalue weighted by Gasteiger charge is -2.11. The molecule has 0 saturated heterocycles. The number of carbonyl (C=O) groups excluding carboxylic acids is 1. The Morgan fingerprint density at radius 2 is 2.05 bits per heavy atom. The zero-order valence-corrected chi connectivity index (χ0v) is 12.4. The van der Waals surface area contributed by atoms with Gasteiger partial charge in [-0.3, -0.25) is 4.79 Å². The molecule has 0 bridgehead atoms. The van der Waals surface area contributed by atoms with Crippen LogP contribution in [0.5, 0.6) is 5.75 Å². The van der Waals surface area contributed by atoms with Crippen LogP contribution in [0.1, 0.15) is 31.1 Å². The van der Waals surface area contributed by atoms with Crippen LogP contribution in [0.25, 0.3) is 0 Å². The zero-order valence-electron chi connectivity index (χ0n) is 12.4. The van der Waals surface area contributed by atoms with Crippen LogP contribution < -0.4 is 15.4 Å². The molecule has 0 aliphatic rings. The Labute approximate surface area is 115 Å². The fourth-order valence-corrected chi connectivity index (χ4v) is 1.41. The van der Waals surface area contributed by atoms with Gasteiger partial charge >= 0.3 is 0 Å². The molecule has 0 saturated carbocycles. The van der Waals surface area contributed by atoms with Crippen molar-refractivity contribution in [2.45, 2.75) is 20.8 Å². The van der Waals surface area contributed by atoms with E-state index >= 15 is 0 Å². The van der Waals surface area contributed by atoms with Gasteiger partial charge in [0.25, 0.3) is 5.91 Å². The Bertz CT molecular complexity index is 415. The van der Waals surface area contributed by atoms with E-state index in [4.69, 9.17) is 4.74 Å². The van der Waals surface area contributed by atoms with Crippen LogP contribution in [0.15, 0.2) is 30.4 Å². The first-order valence-corrected chi connectivity index (χ1v) is 6.48. The van der Waals surface area contributed by atoms with Gasteiger partial charge in [0, 0.05) is 19.2 Å². The number of nitrogens with one attached hydrogen (secondary N) is 2. The lowest BCUT2D eigenvalue weighted by Crippen LogP contribution is -2.17. The number of hydrogen-bond donors (Lipinski definition) is 2. The third kappa shape index (κ3) is 5.46. The molecule has 0 unspecified atom stereocenters. The Morgan fingerprint density at radius 3 is 2.58 bits per heavy atom. The van der Waals surface area contributed by atoms with E-state index in [2.05, 4.69) is 10.6 Å². The van der Waals surface area contributed by atoms with Gasteiger partial charge in [-0.1, -0.05) is 26.0 Å². The Hall–Kier alpha value is -1.97. The molecule has 0 heterocycles. The number of ether oxygens (including phenoxy) is 1. The second kappa shape index (κ2) is 10.00. The van der Waals surface area contributed by atoms with Crippen molar-refractivity contribution in [1.29, 1.82) is 0 Å². The SMILES string of the molecule is C/C=C/CNc1ccc(C(=O)NC)cc1OC.CC. The predicted molar refractivity (Wildman–Crippen MR) is 81.0 cm³/mol. The highest BCUT2D eigenvalue weighted by molar-refractivity contribution is 5.95. The second-order valence-electron chi connectivity index (χ2n) is 3.44. The number of allylic oxidation sites excluding steroid dienone is 1. The van der Waals surface area contributed by atoms with Crippen molar-refractivity contribution in [3.05, 3.63) is 35.9 Å². The Kier molecular flexibility index (Phi) is 8.96. The summed E-state index contributed by atoms with van der Waals surface area (Å²) in [6.45, 7) is 6.69. The van der Waals surface area contributed by atoms with Crippen molar-refractivity contribution in [2.75, 3.05) is 26.0 Å². The van der Waals surface area contributed by atoms with Crippen LogP contribution in [-0.2, 0) is 0 Å². The van der Waals surface area contributed by atoms with Crippen LogP contribution >= 0.6 is 0 Å². The molecule has 106 valence electrons. The highest BCUT2D eigenvalue weighted by atomic mass is 16.5. The molecule has 4 heteroatoms. The molecule has 0 aliphatic heterocycles. The lowest BCUT2D eigenvalue weighted by atomic mass is 10.1. The largest absolute Gasteiger partial charge is 0.495 e. The molecular formula is C15H24N2O2. The lowest BCUT2D eigenvalue weighted by molar-refractivity contribution is 0.0963. The summed E-state index contributed by atoms with van der Waals surface area (Å²) in [6.07, 6.45) is 3.98. The molecule has 0 aromatic heterocycles. The third-order valence-corrected chi connectivity index (χ3v) is 2.34. The van der Waals surface area contributed by atoms with Gasteiger partial charge in [0.15, 0.2) is 0 Å². The average Bonchev–Trinajstić information content (AvgIpc) is 2.49. The van der Waals surface area contributed by atoms with Gasteiger partial charge in [0.1, 0.15) is 5.75 Å². The highest BCUT2D eigenvalue weighted by Gasteiger charge is 2.08. The molecular weight excluding hydrogens is 240 g/mol. The minimum Gasteiger partial charge on any atom is -0.495 e. The van der Waals surface area contributed by atoms with E-state index in [1.807, 2.05) is 39.0 Å². The first kappa shape index (κ1) is 17.0. The van der Waals surface area contributed by atoms with Gasteiger partial charge in [0.2, 0.25) is 0 Å². The average molecular weight is 264 g/mol. The molecule has 4 nitrogen and oxygen atoms in total. The number of rotatable bonds is 5. The maximum absolute atomic E-state index is 11.5. The van der Waals surface area contributed by atoms with Crippen molar-refractivity contribution < 1.29 is 9.53 Å². The van der Waals surface area contributed by atoms with Gasteiger partial charge in [-0.15, -0.1) is 0 Å². The summed E-state index contributed by atoms with van der Waals surface area (Å²) in [7, 11) is 3.19. The summed E-state index contributed by atoms with van der Waals surface area (Å²) in [5, 5.41) is 5.78. The number of methoxy groups -OCH3 is 1. The maximum Gasteiger partial charge on any atom is 0.251 e. The standard InChI is InChI=1S/C13H18N2O2.C2H6/c1-4-5-8-15-11-7-6-10(13(16)14-2)9-12(11)17-3;1-2/h4-7,9,15H,8H2,1-3H3,(H,14,16);1-2H3/b5-4+;. The fourth-order valence-electron chi connectivity index (χ4n) is 1.41. The van der Waals surface area contributed by atoms with Gasteiger partial charge in [0.05, 0.1) is 12.8 Å². The van der Waals surface area contributed by atoms with Crippen molar-refractivity contribution in [1.82, 2.24) is 5.32 Å². The summed E-state index contributed by atoms with van der Waals surface area (Å²) in [5.41, 5.74) is 1.46. The highest BCUT2D eigenvalue weighted by Crippen LogP contribution is 2.25. The minimum atomic E-state index is -0.122. The van der Waals surface area contributed by atoms with Gasteiger partial charge in [-0.2, -0.15) is 0 Å². The van der Waals surface area contributed by atoms with E-state index in [1.54, 1.807) is 26.3 Å². The number of anilines is 1. The summed E-state index contributed by atoms with van der Waals surface area (Å²) >= 11 is 0. The van der Waals surface area contributed by atoms with E-state index in [-0.39, 0.29) is 5.91 Å². The Balaban J connectivity index is 0.00000154. The topological polar surface area (TPSA) is 50.4 Å². The molecule has 0 fully saturated rings. The van der Waals surface area contributed by atoms with Crippen molar-refractivity contribution in [3.63, 3.8) is 0 Å². The smallest absolute Gasteiger partial charge is 0.251 e. The molecule has 1 aromatic rings. The molecule has 0 radical (unpaired) electrons. The molecule has 1 aromatic carbocycles. The zero-order chi connectivity index (χ0) is 14.7. The summed E-state index contributed by atoms with van der Waals surface area (Å²) < 4.78 is 5.24. The third-order valence-electron chi connectivity index (χ3n) is 2.34. The van der Waals surface area contributed by atoms with Crippen LogP contribution in [0.2, 0.25) is 0 Å². The normalized spacial score (nSPS) is 9.53. The van der Waals surface area contributed by atoms with Gasteiger partial charge < -0.3 is 15.4 Å². The molecule has 0 atom stereocenters. The fraction of sp³-hybridized carbons (Fsp3) is 0.400. The van der Waals surface area contributed by atoms with Crippen LogP contribution in [0, 0.1) is 0 Å². The van der Waals surface area contributed by atoms with E-state index in [0.29, 0.717) is 11.3 Å². The molecule has 19 heavy (non-hydrogen) atoms. The van der Waals surface area contributed by atoms with Crippen LogP contribution in [0.4, 0.5) is 5.69 Å². The monoisotopic (exact) mass is 264 g/mol. The number of amides is 1. The number of benzene rings is 1. The quantitative estimate of drug-likeness (QED) is 0.804. The maximum atomic E-state index is 11.5. The van der Waals surface area contributed by atoms with E-state index in [0.717, 1.165) is 12.2 Å². The molecule has 2 N–H and O–H groups in total. The van der Waals surface area contributed by atoms with E-state index < -0.39 is 0 Å². The molecule has 0 spiro atoms. The molecule has 1 amide bonds. The summed E-state index contributed by atoms with van der Waals surface area (Å²) in [5.74, 6) is 0.541. The number of hydrogen-bond acceptors (Lipinski definition) is 3. The Morgan fingerprint density at radius 1 is 1.37 bits per heavy atom. The van der Waals surface area contributed by atoms with Crippen molar-refractivity contribution in [3.8, 4) is 5.75 Å². The summed E-state index contributed by atoms with van der Waals surface area (Å²) in [6, 6.07) is 5.32. The predicted octanol–water partition coefficient (Wildman–Crippen LogP) is 3.07. The van der Waals surface area contributed by atoms with Crippen molar-refractivity contribution in [2.24, 2.45) is 0 Å². The van der Waals surface area contributed by atoms with Crippen molar-refractivity contribution >= 4 is 11.6 Å². The molecule has 1 rings (SSSR count). The van der Waals surface area contributed by atoms with E-state index in [1.165, 1.54) is 0 Å². The van der Waals surface area contributed by atoms with Crippen LogP contribution in [0.3, 0.4) is 0 Å². The molecule has 0 aliphatic carbocycles.